The predicted molar refractivity (Wildman–Crippen MR) is 111 cm³/mol. The van der Waals surface area contributed by atoms with Gasteiger partial charge in [0.1, 0.15) is 5.82 Å². The molecule has 1 aliphatic heterocycles. The Balaban J connectivity index is 1.98. The smallest absolute Gasteiger partial charge is 0.161 e. The highest BCUT2D eigenvalue weighted by Crippen LogP contribution is 2.27. The molecule has 0 unspecified atom stereocenters. The third-order valence-corrected chi connectivity index (χ3v) is 5.15. The molecule has 140 valence electrons. The molecule has 1 saturated heterocycles. The minimum Gasteiger partial charge on any atom is -0.392 e. The van der Waals surface area contributed by atoms with E-state index in [9.17, 15) is 5.11 Å². The molecule has 26 heavy (non-hydrogen) atoms. The second-order valence-corrected chi connectivity index (χ2v) is 7.39. The van der Waals surface area contributed by atoms with Gasteiger partial charge in [-0.3, -0.25) is 0 Å². The van der Waals surface area contributed by atoms with Gasteiger partial charge in [-0.1, -0.05) is 11.9 Å². The van der Waals surface area contributed by atoms with Crippen molar-refractivity contribution in [3.05, 3.63) is 35.5 Å². The predicted octanol–water partition coefficient (Wildman–Crippen LogP) is 3.03. The fourth-order valence-electron chi connectivity index (χ4n) is 2.86. The van der Waals surface area contributed by atoms with Crippen LogP contribution in [0.2, 0.25) is 0 Å². The van der Waals surface area contributed by atoms with Crippen molar-refractivity contribution in [2.75, 3.05) is 48.4 Å². The summed E-state index contributed by atoms with van der Waals surface area (Å²) >= 11 is 3.25. The van der Waals surface area contributed by atoms with Crippen LogP contribution in [0.15, 0.2) is 24.3 Å². The van der Waals surface area contributed by atoms with Crippen molar-refractivity contribution in [1.29, 1.82) is 0 Å². The van der Waals surface area contributed by atoms with Gasteiger partial charge in [-0.25, -0.2) is 9.97 Å². The van der Waals surface area contributed by atoms with Gasteiger partial charge < -0.3 is 19.5 Å². The number of aromatic nitrogens is 2. The fourth-order valence-corrected chi connectivity index (χ4v) is 3.72. The van der Waals surface area contributed by atoms with E-state index < -0.39 is 0 Å². The van der Waals surface area contributed by atoms with Gasteiger partial charge >= 0.3 is 0 Å². The van der Waals surface area contributed by atoms with Gasteiger partial charge in [0.25, 0.3) is 0 Å². The number of anilines is 2. The molecule has 0 atom stereocenters. The van der Waals surface area contributed by atoms with E-state index >= 15 is 0 Å². The lowest BCUT2D eigenvalue weighted by atomic mass is 10.1. The number of nitrogens with one attached hydrogen (secondary N) is 1. The second-order valence-electron chi connectivity index (χ2n) is 5.91. The number of aliphatic hydroxyl groups excluding tert-OH is 1. The van der Waals surface area contributed by atoms with Crippen molar-refractivity contribution in [2.24, 2.45) is 0 Å². The van der Waals surface area contributed by atoms with Gasteiger partial charge in [-0.2, -0.15) is 11.8 Å². The zero-order valence-electron chi connectivity index (χ0n) is 15.1. The van der Waals surface area contributed by atoms with Crippen LogP contribution in [0, 0.1) is 0 Å². The monoisotopic (exact) mass is 392 g/mol. The number of hydrogen-bond donors (Lipinski definition) is 2. The zero-order valence-corrected chi connectivity index (χ0v) is 16.7. The molecule has 2 aromatic rings. The highest BCUT2D eigenvalue weighted by Gasteiger charge is 2.16. The third kappa shape index (κ3) is 4.62. The number of morpholine rings is 1. The van der Waals surface area contributed by atoms with Gasteiger partial charge in [-0.15, -0.1) is 0 Å². The van der Waals surface area contributed by atoms with E-state index in [0.717, 1.165) is 60.4 Å². The van der Waals surface area contributed by atoms with Gasteiger partial charge in [0.05, 0.1) is 25.5 Å². The van der Waals surface area contributed by atoms with Crippen molar-refractivity contribution in [1.82, 2.24) is 9.97 Å². The van der Waals surface area contributed by atoms with Gasteiger partial charge in [0.15, 0.2) is 5.82 Å². The normalized spacial score (nSPS) is 14.5. The standard InChI is InChI=1S/C18H24N4O2S2/c1-25-12-15-10-17(22-5-7-24-8-6-22)20-18(19-15)13-3-4-16(21-26-2)14(9-13)11-23/h3-4,9-10,21,23H,5-8,11-12H2,1-2H3. The van der Waals surface area contributed by atoms with Crippen molar-refractivity contribution >= 4 is 35.2 Å². The summed E-state index contributed by atoms with van der Waals surface area (Å²) in [6, 6.07) is 8.00. The summed E-state index contributed by atoms with van der Waals surface area (Å²) in [5, 5.41) is 9.70. The number of hydrogen-bond acceptors (Lipinski definition) is 8. The average Bonchev–Trinajstić information content (AvgIpc) is 2.69. The second kappa shape index (κ2) is 9.45. The first-order valence-corrected chi connectivity index (χ1v) is 11.1. The molecule has 1 aromatic carbocycles. The zero-order chi connectivity index (χ0) is 18.4. The molecule has 0 radical (unpaired) electrons. The molecule has 2 N–H and O–H groups in total. The molecule has 1 fully saturated rings. The Bertz CT molecular complexity index is 739. The molecule has 8 heteroatoms. The maximum Gasteiger partial charge on any atom is 0.161 e. The molecule has 1 aliphatic rings. The van der Waals surface area contributed by atoms with E-state index in [0.29, 0.717) is 5.82 Å². The first kappa shape index (κ1) is 19.3. The molecule has 0 saturated carbocycles. The Morgan fingerprint density at radius 1 is 1.19 bits per heavy atom. The summed E-state index contributed by atoms with van der Waals surface area (Å²) in [6.45, 7) is 3.10. The minimum absolute atomic E-state index is 0.0302. The highest BCUT2D eigenvalue weighted by atomic mass is 32.2. The number of aliphatic hydroxyl groups is 1. The minimum atomic E-state index is -0.0302. The molecular formula is C18H24N4O2S2. The van der Waals surface area contributed by atoms with Crippen molar-refractivity contribution < 1.29 is 9.84 Å². The number of rotatable bonds is 7. The molecular weight excluding hydrogens is 368 g/mol. The van der Waals surface area contributed by atoms with E-state index in [1.807, 2.05) is 24.5 Å². The Labute approximate surface area is 162 Å². The number of ether oxygens (including phenoxy) is 1. The summed E-state index contributed by atoms with van der Waals surface area (Å²) in [5.74, 6) is 2.48. The van der Waals surface area contributed by atoms with Crippen LogP contribution in [0.4, 0.5) is 11.5 Å². The molecule has 1 aromatic heterocycles. The Morgan fingerprint density at radius 3 is 2.69 bits per heavy atom. The molecule has 0 bridgehead atoms. The Hall–Kier alpha value is -1.48. The third-order valence-electron chi connectivity index (χ3n) is 4.14. The molecule has 3 rings (SSSR count). The first-order chi connectivity index (χ1) is 12.7. The van der Waals surface area contributed by atoms with Crippen LogP contribution in [-0.2, 0) is 17.1 Å². The van der Waals surface area contributed by atoms with Crippen LogP contribution in [0.3, 0.4) is 0 Å². The summed E-state index contributed by atoms with van der Waals surface area (Å²) in [5.41, 5.74) is 3.68. The summed E-state index contributed by atoms with van der Waals surface area (Å²) in [6.07, 6.45) is 4.03. The first-order valence-electron chi connectivity index (χ1n) is 8.48. The van der Waals surface area contributed by atoms with Crippen LogP contribution in [0.25, 0.3) is 11.4 Å². The largest absolute Gasteiger partial charge is 0.392 e. The quantitative estimate of drug-likeness (QED) is 0.697. The summed E-state index contributed by atoms with van der Waals surface area (Å²) < 4.78 is 8.65. The molecule has 6 nitrogen and oxygen atoms in total. The maximum atomic E-state index is 9.70. The average molecular weight is 393 g/mol. The number of thioether (sulfide) groups is 1. The maximum absolute atomic E-state index is 9.70. The molecule has 0 spiro atoms. The topological polar surface area (TPSA) is 70.5 Å². The van der Waals surface area contributed by atoms with E-state index in [1.54, 1.807) is 11.8 Å². The van der Waals surface area contributed by atoms with E-state index in [-0.39, 0.29) is 6.61 Å². The SMILES string of the molecule is CSCc1cc(N2CCOCC2)nc(-c2ccc(NSC)c(CO)c2)n1. The van der Waals surface area contributed by atoms with Gasteiger partial charge in [0, 0.05) is 48.0 Å². The van der Waals surface area contributed by atoms with E-state index in [1.165, 1.54) is 11.9 Å². The van der Waals surface area contributed by atoms with Crippen molar-refractivity contribution in [2.45, 2.75) is 12.4 Å². The van der Waals surface area contributed by atoms with Crippen LogP contribution in [0.1, 0.15) is 11.3 Å². The van der Waals surface area contributed by atoms with Crippen LogP contribution in [0.5, 0.6) is 0 Å². The van der Waals surface area contributed by atoms with Crippen molar-refractivity contribution in [3.8, 4) is 11.4 Å². The molecule has 0 aliphatic carbocycles. The highest BCUT2D eigenvalue weighted by molar-refractivity contribution is 7.99. The van der Waals surface area contributed by atoms with Crippen LogP contribution >= 0.6 is 23.7 Å². The summed E-state index contributed by atoms with van der Waals surface area (Å²) in [4.78, 5) is 11.8. The fraction of sp³-hybridized carbons (Fsp3) is 0.444. The molecule has 0 amide bonds. The van der Waals surface area contributed by atoms with Gasteiger partial charge in [-0.05, 0) is 24.5 Å². The lowest BCUT2D eigenvalue weighted by molar-refractivity contribution is 0.122. The van der Waals surface area contributed by atoms with Gasteiger partial charge in [0.2, 0.25) is 0 Å². The number of benzene rings is 1. The molecule has 2 heterocycles. The Kier molecular flexibility index (Phi) is 7.01. The van der Waals surface area contributed by atoms with Crippen LogP contribution < -0.4 is 9.62 Å². The Morgan fingerprint density at radius 2 is 2.00 bits per heavy atom. The van der Waals surface area contributed by atoms with Crippen molar-refractivity contribution in [3.63, 3.8) is 0 Å². The van der Waals surface area contributed by atoms with E-state index in [2.05, 4.69) is 21.9 Å². The summed E-state index contributed by atoms with van der Waals surface area (Å²) in [7, 11) is 0. The lowest BCUT2D eigenvalue weighted by Crippen LogP contribution is -2.37. The van der Waals surface area contributed by atoms with E-state index in [4.69, 9.17) is 14.7 Å². The number of nitrogens with zero attached hydrogens (tertiary/aromatic N) is 3. The van der Waals surface area contributed by atoms with Crippen LogP contribution in [-0.4, -0.2) is 53.9 Å². The lowest BCUT2D eigenvalue weighted by Gasteiger charge is -2.28.